The van der Waals surface area contributed by atoms with E-state index >= 15 is 0 Å². The Kier molecular flexibility index (Phi) is 6.14. The molecule has 0 N–H and O–H groups in total. The number of fused-ring (bicyclic) bond motifs is 5. The number of benzene rings is 1. The average Bonchev–Trinajstić information content (AvgIpc) is 3.26. The predicted octanol–water partition coefficient (Wildman–Crippen LogP) is 7.42. The molecule has 1 unspecified atom stereocenters. The van der Waals surface area contributed by atoms with Gasteiger partial charge in [0, 0.05) is 19.4 Å². The molecule has 6 rings (SSSR count). The first kappa shape index (κ1) is 24.6. The van der Waals surface area contributed by atoms with E-state index in [-0.39, 0.29) is 22.8 Å². The van der Waals surface area contributed by atoms with Gasteiger partial charge in [-0.05, 0) is 109 Å². The summed E-state index contributed by atoms with van der Waals surface area (Å²) < 4.78 is 0. The van der Waals surface area contributed by atoms with Crippen LogP contribution in [-0.4, -0.2) is 29.1 Å². The number of hydroxylamine groups is 2. The molecule has 2 aromatic rings. The maximum Gasteiger partial charge on any atom is 0.357 e. The number of allylic oxidation sites excluding steroid dienone is 3. The summed E-state index contributed by atoms with van der Waals surface area (Å²) in [5.41, 5.74) is 6.58. The van der Waals surface area contributed by atoms with Crippen LogP contribution in [0.2, 0.25) is 0 Å². The van der Waals surface area contributed by atoms with Gasteiger partial charge < -0.3 is 4.84 Å². The molecular formula is C33H40N2O2. The van der Waals surface area contributed by atoms with E-state index in [0.29, 0.717) is 5.56 Å². The lowest BCUT2D eigenvalue weighted by Crippen LogP contribution is -2.51. The van der Waals surface area contributed by atoms with E-state index in [0.717, 1.165) is 29.7 Å². The average molecular weight is 497 g/mol. The van der Waals surface area contributed by atoms with E-state index in [2.05, 4.69) is 49.3 Å². The fourth-order valence-corrected chi connectivity index (χ4v) is 8.58. The molecule has 0 spiro atoms. The van der Waals surface area contributed by atoms with Crippen molar-refractivity contribution < 1.29 is 9.63 Å². The third kappa shape index (κ3) is 4.00. The Morgan fingerprint density at radius 3 is 2.62 bits per heavy atom. The lowest BCUT2D eigenvalue weighted by Gasteiger charge is -2.58. The third-order valence-electron chi connectivity index (χ3n) is 10.7. The summed E-state index contributed by atoms with van der Waals surface area (Å²) >= 11 is 0. The number of rotatable bonds is 4. The van der Waals surface area contributed by atoms with Gasteiger partial charge in [-0.2, -0.15) is 0 Å². The number of nitrogens with zero attached hydrogens (tertiary/aromatic N) is 2. The van der Waals surface area contributed by atoms with E-state index < -0.39 is 0 Å². The van der Waals surface area contributed by atoms with Crippen molar-refractivity contribution in [1.29, 1.82) is 0 Å². The molecule has 4 nitrogen and oxygen atoms in total. The second-order valence-corrected chi connectivity index (χ2v) is 12.4. The summed E-state index contributed by atoms with van der Waals surface area (Å²) in [6.45, 7) is 7.03. The van der Waals surface area contributed by atoms with Crippen LogP contribution in [0.1, 0.15) is 80.3 Å². The van der Waals surface area contributed by atoms with Gasteiger partial charge in [-0.15, -0.1) is 5.06 Å². The van der Waals surface area contributed by atoms with Gasteiger partial charge in [0.25, 0.3) is 0 Å². The molecule has 4 aliphatic rings. The molecule has 0 amide bonds. The van der Waals surface area contributed by atoms with E-state index in [1.165, 1.54) is 49.7 Å². The van der Waals surface area contributed by atoms with Gasteiger partial charge in [0.15, 0.2) is 0 Å². The van der Waals surface area contributed by atoms with E-state index in [9.17, 15) is 4.79 Å². The molecular weight excluding hydrogens is 456 g/mol. The lowest BCUT2D eigenvalue weighted by molar-refractivity contribution is -0.116. The van der Waals surface area contributed by atoms with Crippen molar-refractivity contribution in [3.63, 3.8) is 0 Å². The molecule has 194 valence electrons. The Hall–Kier alpha value is -2.72. The number of carbonyl (C=O) groups is 1. The number of carbonyl (C=O) groups excluding carboxylic acids is 1. The normalized spacial score (nSPS) is 34.6. The number of aromatic nitrogens is 1. The highest BCUT2D eigenvalue weighted by molar-refractivity contribution is 5.90. The summed E-state index contributed by atoms with van der Waals surface area (Å²) in [5.74, 6) is 1.99. The number of hydrogen-bond acceptors (Lipinski definition) is 4. The summed E-state index contributed by atoms with van der Waals surface area (Å²) in [6, 6.07) is 12.1. The van der Waals surface area contributed by atoms with Crippen molar-refractivity contribution in [3.8, 4) is 0 Å². The molecule has 1 aromatic carbocycles. The Morgan fingerprint density at radius 2 is 1.84 bits per heavy atom. The van der Waals surface area contributed by atoms with Crippen LogP contribution >= 0.6 is 0 Å². The minimum Gasteiger partial charge on any atom is -0.364 e. The van der Waals surface area contributed by atoms with Crippen molar-refractivity contribution in [3.05, 3.63) is 83.2 Å². The molecule has 1 aromatic heterocycles. The van der Waals surface area contributed by atoms with Gasteiger partial charge >= 0.3 is 5.97 Å². The summed E-state index contributed by atoms with van der Waals surface area (Å²) in [7, 11) is 1.92. The van der Waals surface area contributed by atoms with E-state index in [1.807, 2.05) is 44.4 Å². The van der Waals surface area contributed by atoms with Crippen LogP contribution in [-0.2, 0) is 4.84 Å². The zero-order valence-corrected chi connectivity index (χ0v) is 22.7. The number of likely N-dealkylation sites (N-methyl/N-ethyl adjacent to an activating group) is 1. The highest BCUT2D eigenvalue weighted by Crippen LogP contribution is 2.66. The molecule has 2 saturated carbocycles. The van der Waals surface area contributed by atoms with Crippen LogP contribution in [0.3, 0.4) is 0 Å². The molecule has 4 aliphatic carbocycles. The minimum absolute atomic E-state index is 0.145. The first-order chi connectivity index (χ1) is 17.8. The maximum atomic E-state index is 12.8. The van der Waals surface area contributed by atoms with Crippen molar-refractivity contribution in [2.75, 3.05) is 7.05 Å². The van der Waals surface area contributed by atoms with Gasteiger partial charge in [-0.25, -0.2) is 4.79 Å². The van der Waals surface area contributed by atoms with Gasteiger partial charge in [-0.1, -0.05) is 55.8 Å². The molecule has 2 fully saturated rings. The number of hydrogen-bond donors (Lipinski definition) is 0. The SMILES string of the molecule is Cc1ccccc1C(=O)ON(C)C1C=C2CC[C@H]3[C@H](CC[C@]4(C)C(c5cccnc5)=CC[C@@H]34)[C@@]2(C)CC1. The minimum atomic E-state index is -0.263. The van der Waals surface area contributed by atoms with E-state index in [1.54, 1.807) is 10.6 Å². The first-order valence-electron chi connectivity index (χ1n) is 14.1. The highest BCUT2D eigenvalue weighted by Gasteiger charge is 2.57. The van der Waals surface area contributed by atoms with Gasteiger partial charge in [-0.3, -0.25) is 4.98 Å². The van der Waals surface area contributed by atoms with Gasteiger partial charge in [0.05, 0.1) is 11.6 Å². The number of aryl methyl sites for hydroxylation is 1. The van der Waals surface area contributed by atoms with Crippen LogP contribution in [0, 0.1) is 35.5 Å². The van der Waals surface area contributed by atoms with Crippen LogP contribution in [0.5, 0.6) is 0 Å². The molecule has 4 heteroatoms. The molecule has 6 atom stereocenters. The molecule has 1 heterocycles. The standard InChI is InChI=1S/C33H40N2O2/c1-22-8-5-6-10-26(22)31(36)37-35(4)25-15-17-32(2)24(20-25)11-12-27-29-14-13-28(23-9-7-19-34-21-23)33(29,3)18-16-30(27)32/h5-10,13,19-21,25,27,29-30H,11-12,14-18H2,1-4H3/t25?,27-,29+,30+,32+,33-/m1/s1. The third-order valence-corrected chi connectivity index (χ3v) is 10.7. The fraction of sp³-hybridized carbons (Fsp3) is 0.515. The van der Waals surface area contributed by atoms with Crippen molar-refractivity contribution >= 4 is 11.5 Å². The summed E-state index contributed by atoms with van der Waals surface area (Å²) in [6.07, 6.45) is 17.3. The van der Waals surface area contributed by atoms with Crippen LogP contribution < -0.4 is 0 Å². The molecule has 0 radical (unpaired) electrons. The van der Waals surface area contributed by atoms with Crippen LogP contribution in [0.15, 0.2) is 66.5 Å². The largest absolute Gasteiger partial charge is 0.364 e. The zero-order valence-electron chi connectivity index (χ0n) is 22.7. The second-order valence-electron chi connectivity index (χ2n) is 12.4. The molecule has 0 aliphatic heterocycles. The Morgan fingerprint density at radius 1 is 1.03 bits per heavy atom. The maximum absolute atomic E-state index is 12.8. The topological polar surface area (TPSA) is 42.4 Å². The Labute approximate surface area is 221 Å². The monoisotopic (exact) mass is 496 g/mol. The lowest BCUT2D eigenvalue weighted by atomic mass is 9.46. The Balaban J connectivity index is 1.18. The smallest absolute Gasteiger partial charge is 0.357 e. The molecule has 0 saturated heterocycles. The van der Waals surface area contributed by atoms with Crippen molar-refractivity contribution in [1.82, 2.24) is 10.0 Å². The number of pyridine rings is 1. The Bertz CT molecular complexity index is 1250. The van der Waals surface area contributed by atoms with Gasteiger partial charge in [0.2, 0.25) is 0 Å². The molecule has 0 bridgehead atoms. The fourth-order valence-electron chi connectivity index (χ4n) is 8.58. The van der Waals surface area contributed by atoms with Gasteiger partial charge in [0.1, 0.15) is 0 Å². The zero-order chi connectivity index (χ0) is 25.8. The predicted molar refractivity (Wildman–Crippen MR) is 147 cm³/mol. The quantitative estimate of drug-likeness (QED) is 0.326. The van der Waals surface area contributed by atoms with Crippen molar-refractivity contribution in [2.45, 2.75) is 71.8 Å². The molecule has 37 heavy (non-hydrogen) atoms. The summed E-state index contributed by atoms with van der Waals surface area (Å²) in [4.78, 5) is 23.1. The van der Waals surface area contributed by atoms with Crippen LogP contribution in [0.4, 0.5) is 0 Å². The summed E-state index contributed by atoms with van der Waals surface area (Å²) in [5, 5.41) is 1.80. The highest BCUT2D eigenvalue weighted by atomic mass is 16.7. The van der Waals surface area contributed by atoms with Crippen LogP contribution in [0.25, 0.3) is 5.57 Å². The van der Waals surface area contributed by atoms with E-state index in [4.69, 9.17) is 4.84 Å². The second kappa shape index (κ2) is 9.23. The first-order valence-corrected chi connectivity index (χ1v) is 14.1. The van der Waals surface area contributed by atoms with Crippen molar-refractivity contribution in [2.24, 2.45) is 28.6 Å².